The van der Waals surface area contributed by atoms with Crippen molar-refractivity contribution < 1.29 is 4.74 Å². The van der Waals surface area contributed by atoms with Gasteiger partial charge < -0.3 is 4.74 Å². The van der Waals surface area contributed by atoms with E-state index in [-0.39, 0.29) is 0 Å². The zero-order chi connectivity index (χ0) is 11.5. The summed E-state index contributed by atoms with van der Waals surface area (Å²) in [5, 5.41) is 9.66. The van der Waals surface area contributed by atoms with Crippen molar-refractivity contribution >= 4 is 34.5 Å². The van der Waals surface area contributed by atoms with Crippen molar-refractivity contribution in [2.75, 3.05) is 0 Å². The van der Waals surface area contributed by atoms with E-state index in [1.807, 2.05) is 13.0 Å². The highest BCUT2D eigenvalue weighted by Crippen LogP contribution is 2.28. The maximum atomic E-state index is 5.91. The predicted octanol–water partition coefficient (Wildman–Crippen LogP) is 4.03. The zero-order valence-corrected chi connectivity index (χ0v) is 10.7. The van der Waals surface area contributed by atoms with Crippen LogP contribution in [-0.2, 0) is 5.88 Å². The van der Waals surface area contributed by atoms with Crippen LogP contribution in [0.15, 0.2) is 18.2 Å². The third-order valence-electron chi connectivity index (χ3n) is 1.90. The van der Waals surface area contributed by atoms with Crippen LogP contribution in [0, 0.1) is 6.92 Å². The number of aryl methyl sites for hydroxylation is 1. The first-order valence-corrected chi connectivity index (χ1v) is 6.24. The maximum absolute atomic E-state index is 5.91. The summed E-state index contributed by atoms with van der Waals surface area (Å²) in [7, 11) is 0. The SMILES string of the molecule is Cc1cc(Oc2nnc(CCl)s2)ccc1Cl. The maximum Gasteiger partial charge on any atom is 0.299 e. The Bertz CT molecular complexity index is 501. The number of rotatable bonds is 3. The predicted molar refractivity (Wildman–Crippen MR) is 65.7 cm³/mol. The molecule has 0 saturated heterocycles. The lowest BCUT2D eigenvalue weighted by molar-refractivity contribution is 0.473. The molecule has 0 unspecified atom stereocenters. The molecule has 84 valence electrons. The summed E-state index contributed by atoms with van der Waals surface area (Å²) < 4.78 is 5.52. The largest absolute Gasteiger partial charge is 0.430 e. The first-order valence-electron chi connectivity index (χ1n) is 4.51. The van der Waals surface area contributed by atoms with Gasteiger partial charge in [0, 0.05) is 5.02 Å². The summed E-state index contributed by atoms with van der Waals surface area (Å²) in [5.41, 5.74) is 0.959. The second-order valence-corrected chi connectivity index (χ2v) is 4.81. The minimum Gasteiger partial charge on any atom is -0.430 e. The lowest BCUT2D eigenvalue weighted by Gasteiger charge is -2.02. The molecule has 0 radical (unpaired) electrons. The Morgan fingerprint density at radius 2 is 2.19 bits per heavy atom. The summed E-state index contributed by atoms with van der Waals surface area (Å²) in [6.45, 7) is 1.92. The standard InChI is InChI=1S/C10H8Cl2N2OS/c1-6-4-7(2-3-8(6)12)15-10-14-13-9(5-11)16-10/h2-4H,5H2,1H3. The number of ether oxygens (including phenoxy) is 1. The molecule has 3 nitrogen and oxygen atoms in total. The second-order valence-electron chi connectivity index (χ2n) is 3.11. The van der Waals surface area contributed by atoms with Gasteiger partial charge in [-0.3, -0.25) is 0 Å². The first kappa shape index (κ1) is 11.6. The quantitative estimate of drug-likeness (QED) is 0.793. The number of benzene rings is 1. The molecule has 1 aromatic heterocycles. The monoisotopic (exact) mass is 274 g/mol. The molecule has 0 spiro atoms. The smallest absolute Gasteiger partial charge is 0.299 e. The van der Waals surface area contributed by atoms with E-state index in [2.05, 4.69) is 10.2 Å². The molecule has 1 aromatic carbocycles. The van der Waals surface area contributed by atoms with Gasteiger partial charge in [-0.25, -0.2) is 0 Å². The molecule has 0 fully saturated rings. The lowest BCUT2D eigenvalue weighted by atomic mass is 10.2. The van der Waals surface area contributed by atoms with Crippen LogP contribution in [0.25, 0.3) is 0 Å². The van der Waals surface area contributed by atoms with Crippen LogP contribution < -0.4 is 4.74 Å². The van der Waals surface area contributed by atoms with Crippen molar-refractivity contribution in [2.24, 2.45) is 0 Å². The number of halogens is 2. The van der Waals surface area contributed by atoms with Crippen molar-refractivity contribution in [3.8, 4) is 10.9 Å². The molecule has 0 amide bonds. The van der Waals surface area contributed by atoms with Crippen LogP contribution in [0.1, 0.15) is 10.6 Å². The fourth-order valence-electron chi connectivity index (χ4n) is 1.11. The van der Waals surface area contributed by atoms with Crippen molar-refractivity contribution in [3.05, 3.63) is 33.8 Å². The first-order chi connectivity index (χ1) is 7.69. The third-order valence-corrected chi connectivity index (χ3v) is 3.53. The van der Waals surface area contributed by atoms with Crippen molar-refractivity contribution in [1.29, 1.82) is 0 Å². The van der Waals surface area contributed by atoms with E-state index in [9.17, 15) is 0 Å². The number of alkyl halides is 1. The average Bonchev–Trinajstić information content (AvgIpc) is 2.71. The Balaban J connectivity index is 2.17. The molecule has 0 aliphatic rings. The molecule has 0 saturated carbocycles. The van der Waals surface area contributed by atoms with Crippen LogP contribution in [0.4, 0.5) is 0 Å². The molecule has 0 bridgehead atoms. The van der Waals surface area contributed by atoms with E-state index < -0.39 is 0 Å². The molecule has 16 heavy (non-hydrogen) atoms. The van der Waals surface area contributed by atoms with E-state index >= 15 is 0 Å². The van der Waals surface area contributed by atoms with E-state index in [1.165, 1.54) is 11.3 Å². The van der Waals surface area contributed by atoms with Crippen LogP contribution in [0.2, 0.25) is 5.02 Å². The molecule has 2 aromatic rings. The third kappa shape index (κ3) is 2.64. The summed E-state index contributed by atoms with van der Waals surface area (Å²) in [6.07, 6.45) is 0. The normalized spacial score (nSPS) is 10.4. The van der Waals surface area contributed by atoms with Gasteiger partial charge in [0.2, 0.25) is 0 Å². The van der Waals surface area contributed by atoms with Gasteiger partial charge in [-0.2, -0.15) is 0 Å². The van der Waals surface area contributed by atoms with Crippen molar-refractivity contribution in [1.82, 2.24) is 10.2 Å². The number of nitrogens with zero attached hydrogens (tertiary/aromatic N) is 2. The fourth-order valence-corrected chi connectivity index (χ4v) is 2.01. The average molecular weight is 275 g/mol. The van der Waals surface area contributed by atoms with Crippen LogP contribution in [-0.4, -0.2) is 10.2 Å². The van der Waals surface area contributed by atoms with Gasteiger partial charge >= 0.3 is 0 Å². The molecule has 0 aliphatic heterocycles. The number of aromatic nitrogens is 2. The minimum atomic E-state index is 0.348. The molecule has 0 N–H and O–H groups in total. The summed E-state index contributed by atoms with van der Waals surface area (Å²) in [4.78, 5) is 0. The van der Waals surface area contributed by atoms with Gasteiger partial charge in [-0.15, -0.1) is 16.7 Å². The van der Waals surface area contributed by atoms with Gasteiger partial charge in [0.05, 0.1) is 5.88 Å². The fraction of sp³-hybridized carbons (Fsp3) is 0.200. The van der Waals surface area contributed by atoms with E-state index in [0.717, 1.165) is 10.6 Å². The molecular weight excluding hydrogens is 267 g/mol. The minimum absolute atomic E-state index is 0.348. The highest BCUT2D eigenvalue weighted by atomic mass is 35.5. The van der Waals surface area contributed by atoms with E-state index in [4.69, 9.17) is 27.9 Å². The highest BCUT2D eigenvalue weighted by molar-refractivity contribution is 7.13. The van der Waals surface area contributed by atoms with Crippen LogP contribution >= 0.6 is 34.5 Å². The molecule has 0 atom stereocenters. The van der Waals surface area contributed by atoms with Gasteiger partial charge in [-0.05, 0) is 30.7 Å². The second kappa shape index (κ2) is 4.99. The summed E-state index contributed by atoms with van der Waals surface area (Å²) in [6, 6.07) is 5.43. The molecule has 0 aliphatic carbocycles. The van der Waals surface area contributed by atoms with Crippen molar-refractivity contribution in [3.63, 3.8) is 0 Å². The molecule has 1 heterocycles. The highest BCUT2D eigenvalue weighted by Gasteiger charge is 2.06. The Morgan fingerprint density at radius 3 is 2.81 bits per heavy atom. The Labute approximate surface area is 107 Å². The van der Waals surface area contributed by atoms with Gasteiger partial charge in [0.25, 0.3) is 5.19 Å². The summed E-state index contributed by atoms with van der Waals surface area (Å²) in [5.74, 6) is 1.04. The van der Waals surface area contributed by atoms with Crippen LogP contribution in [0.3, 0.4) is 0 Å². The van der Waals surface area contributed by atoms with Gasteiger partial charge in [0.15, 0.2) is 0 Å². The zero-order valence-electron chi connectivity index (χ0n) is 8.41. The molecule has 2 rings (SSSR count). The summed E-state index contributed by atoms with van der Waals surface area (Å²) >= 11 is 12.9. The topological polar surface area (TPSA) is 35.0 Å². The molecular formula is C10H8Cl2N2OS. The van der Waals surface area contributed by atoms with Gasteiger partial charge in [0.1, 0.15) is 10.8 Å². The number of hydrogen-bond acceptors (Lipinski definition) is 4. The van der Waals surface area contributed by atoms with Gasteiger partial charge in [-0.1, -0.05) is 28.0 Å². The molecule has 6 heteroatoms. The number of hydrogen-bond donors (Lipinski definition) is 0. The Morgan fingerprint density at radius 1 is 1.38 bits per heavy atom. The Hall–Kier alpha value is -0.840. The lowest BCUT2D eigenvalue weighted by Crippen LogP contribution is -1.84. The Kier molecular flexibility index (Phi) is 3.63. The van der Waals surface area contributed by atoms with E-state index in [0.29, 0.717) is 21.8 Å². The van der Waals surface area contributed by atoms with Crippen LogP contribution in [0.5, 0.6) is 10.9 Å². The van der Waals surface area contributed by atoms with E-state index in [1.54, 1.807) is 12.1 Å². The van der Waals surface area contributed by atoms with Crippen molar-refractivity contribution in [2.45, 2.75) is 12.8 Å².